The van der Waals surface area contributed by atoms with Gasteiger partial charge >= 0.3 is 5.97 Å². The summed E-state index contributed by atoms with van der Waals surface area (Å²) in [4.78, 5) is 46.1. The molecule has 1 aliphatic heterocycles. The van der Waals surface area contributed by atoms with Gasteiger partial charge in [-0.2, -0.15) is 0 Å². The van der Waals surface area contributed by atoms with Crippen LogP contribution in [0.1, 0.15) is 56.1 Å². The van der Waals surface area contributed by atoms with E-state index >= 15 is 0 Å². The molecule has 0 aliphatic carbocycles. The number of esters is 1. The van der Waals surface area contributed by atoms with Gasteiger partial charge in [0.1, 0.15) is 11.5 Å². The molecule has 42 heavy (non-hydrogen) atoms. The molecule has 1 atom stereocenters. The average molecular weight is 605 g/mol. The van der Waals surface area contributed by atoms with Crippen molar-refractivity contribution in [2.45, 2.75) is 33.4 Å². The largest absolute Gasteiger partial charge is 0.503 e. The Labute approximate surface area is 250 Å². The van der Waals surface area contributed by atoms with Crippen LogP contribution in [0.3, 0.4) is 0 Å². The number of nitrogens with zero attached hydrogens (tertiary/aromatic N) is 2. The van der Waals surface area contributed by atoms with Gasteiger partial charge in [0, 0.05) is 0 Å². The summed E-state index contributed by atoms with van der Waals surface area (Å²) in [5.41, 5.74) is 1.75. The number of thiazole rings is 1. The number of hydrogen-bond acceptors (Lipinski definition) is 10. The first-order valence-corrected chi connectivity index (χ1v) is 15.0. The molecule has 0 saturated carbocycles. The highest BCUT2D eigenvalue weighted by molar-refractivity contribution is 7.17. The molecule has 3 heterocycles. The third-order valence-corrected chi connectivity index (χ3v) is 8.48. The predicted molar refractivity (Wildman–Crippen MR) is 160 cm³/mol. The Morgan fingerprint density at radius 1 is 1.00 bits per heavy atom. The SMILES string of the molecule is CCOC(=O)c1sc(N2C(=O)C(O)=C(C(=O)c3cccs3)C2c2ccc(OCc3ccccc3)c(OCC)c2)nc1C. The molecular formula is C31H28N2O7S2. The minimum atomic E-state index is -1.05. The molecule has 0 fully saturated rings. The summed E-state index contributed by atoms with van der Waals surface area (Å²) in [6.07, 6.45) is 0. The summed E-state index contributed by atoms with van der Waals surface area (Å²) >= 11 is 2.17. The lowest BCUT2D eigenvalue weighted by molar-refractivity contribution is -0.117. The molecule has 2 aromatic carbocycles. The van der Waals surface area contributed by atoms with Crippen molar-refractivity contribution < 1.29 is 33.7 Å². The van der Waals surface area contributed by atoms with Gasteiger partial charge in [-0.1, -0.05) is 53.8 Å². The lowest BCUT2D eigenvalue weighted by atomic mass is 9.95. The van der Waals surface area contributed by atoms with Crippen LogP contribution in [0.25, 0.3) is 0 Å². The van der Waals surface area contributed by atoms with Crippen molar-refractivity contribution in [3.63, 3.8) is 0 Å². The van der Waals surface area contributed by atoms with E-state index in [-0.39, 0.29) is 22.2 Å². The molecule has 11 heteroatoms. The molecular weight excluding hydrogens is 576 g/mol. The van der Waals surface area contributed by atoms with Crippen LogP contribution in [0.2, 0.25) is 0 Å². The topological polar surface area (TPSA) is 115 Å². The zero-order valence-corrected chi connectivity index (χ0v) is 24.8. The van der Waals surface area contributed by atoms with Crippen LogP contribution in [0.5, 0.6) is 11.5 Å². The van der Waals surface area contributed by atoms with Gasteiger partial charge in [0.05, 0.1) is 35.4 Å². The number of ether oxygens (including phenoxy) is 3. The van der Waals surface area contributed by atoms with Crippen molar-refractivity contribution in [1.29, 1.82) is 0 Å². The van der Waals surface area contributed by atoms with Gasteiger partial charge in [-0.3, -0.25) is 14.5 Å². The Morgan fingerprint density at radius 2 is 1.79 bits per heavy atom. The first kappa shape index (κ1) is 29.0. The van der Waals surface area contributed by atoms with Crippen molar-refractivity contribution in [2.24, 2.45) is 0 Å². The molecule has 1 unspecified atom stereocenters. The molecule has 2 aromatic heterocycles. The minimum Gasteiger partial charge on any atom is -0.503 e. The number of carbonyl (C=O) groups is 3. The van der Waals surface area contributed by atoms with Crippen LogP contribution in [0.4, 0.5) is 5.13 Å². The number of rotatable bonds is 11. The number of aryl methyl sites for hydroxylation is 1. The van der Waals surface area contributed by atoms with Gasteiger partial charge in [-0.05, 0) is 55.5 Å². The quantitative estimate of drug-likeness (QED) is 0.153. The Kier molecular flexibility index (Phi) is 8.69. The average Bonchev–Trinajstić information content (AvgIpc) is 3.72. The second-order valence-corrected chi connectivity index (χ2v) is 11.1. The van der Waals surface area contributed by atoms with E-state index in [1.54, 1.807) is 49.6 Å². The number of thiophene rings is 1. The maximum absolute atomic E-state index is 13.7. The van der Waals surface area contributed by atoms with E-state index in [1.807, 2.05) is 37.3 Å². The number of anilines is 1. The second-order valence-electron chi connectivity index (χ2n) is 9.19. The van der Waals surface area contributed by atoms with Crippen molar-refractivity contribution in [3.8, 4) is 11.5 Å². The molecule has 1 aliphatic rings. The summed E-state index contributed by atoms with van der Waals surface area (Å²) < 4.78 is 17.1. The molecule has 0 spiro atoms. The Balaban J connectivity index is 1.59. The lowest BCUT2D eigenvalue weighted by Crippen LogP contribution is -2.31. The number of hydrogen-bond donors (Lipinski definition) is 1. The number of amides is 1. The van der Waals surface area contributed by atoms with Gasteiger partial charge in [0.15, 0.2) is 22.4 Å². The van der Waals surface area contributed by atoms with E-state index < -0.39 is 29.5 Å². The number of carbonyl (C=O) groups excluding carboxylic acids is 3. The number of aromatic nitrogens is 1. The van der Waals surface area contributed by atoms with Crippen LogP contribution >= 0.6 is 22.7 Å². The van der Waals surface area contributed by atoms with Crippen LogP contribution in [-0.2, 0) is 16.1 Å². The van der Waals surface area contributed by atoms with Crippen LogP contribution in [-0.4, -0.2) is 41.0 Å². The standard InChI is InChI=1S/C31H28N2O7S2/c1-4-38-22-16-20(13-14-21(22)40-17-19-10-7-6-8-11-19)25-24(26(34)23-12-9-15-41-23)27(35)29(36)33(25)31-32-18(3)28(42-31)30(37)39-5-2/h6-16,25,35H,4-5,17H2,1-3H3. The number of aliphatic hydroxyl groups excluding tert-OH is 1. The fourth-order valence-electron chi connectivity index (χ4n) is 4.58. The highest BCUT2D eigenvalue weighted by Gasteiger charge is 2.46. The van der Waals surface area contributed by atoms with Crippen LogP contribution in [0.15, 0.2) is 77.4 Å². The van der Waals surface area contributed by atoms with Gasteiger partial charge in [0.25, 0.3) is 5.91 Å². The fraction of sp³-hybridized carbons (Fsp3) is 0.226. The monoisotopic (exact) mass is 604 g/mol. The lowest BCUT2D eigenvalue weighted by Gasteiger charge is -2.25. The van der Waals surface area contributed by atoms with E-state index in [1.165, 1.54) is 16.2 Å². The highest BCUT2D eigenvalue weighted by Crippen LogP contribution is 2.45. The number of ketones is 1. The van der Waals surface area contributed by atoms with E-state index in [4.69, 9.17) is 14.2 Å². The molecule has 216 valence electrons. The van der Waals surface area contributed by atoms with Crippen molar-refractivity contribution in [1.82, 2.24) is 4.98 Å². The molecule has 1 N–H and O–H groups in total. The van der Waals surface area contributed by atoms with Gasteiger partial charge in [-0.25, -0.2) is 9.78 Å². The zero-order chi connectivity index (χ0) is 29.8. The molecule has 5 rings (SSSR count). The molecule has 1 amide bonds. The number of aliphatic hydroxyl groups is 1. The van der Waals surface area contributed by atoms with Crippen LogP contribution < -0.4 is 14.4 Å². The Bertz CT molecular complexity index is 1640. The van der Waals surface area contributed by atoms with Crippen molar-refractivity contribution in [2.75, 3.05) is 18.1 Å². The zero-order valence-electron chi connectivity index (χ0n) is 23.2. The van der Waals surface area contributed by atoms with Gasteiger partial charge in [-0.15, -0.1) is 11.3 Å². The predicted octanol–water partition coefficient (Wildman–Crippen LogP) is 6.45. The smallest absolute Gasteiger partial charge is 0.350 e. The van der Waals surface area contributed by atoms with E-state index in [0.717, 1.165) is 16.9 Å². The maximum Gasteiger partial charge on any atom is 0.350 e. The van der Waals surface area contributed by atoms with Gasteiger partial charge in [0.2, 0.25) is 5.78 Å². The maximum atomic E-state index is 13.7. The normalized spacial score (nSPS) is 14.8. The van der Waals surface area contributed by atoms with E-state index in [9.17, 15) is 19.5 Å². The first-order chi connectivity index (χ1) is 20.3. The summed E-state index contributed by atoms with van der Waals surface area (Å²) in [6.45, 7) is 6.01. The van der Waals surface area contributed by atoms with E-state index in [2.05, 4.69) is 4.98 Å². The summed E-state index contributed by atoms with van der Waals surface area (Å²) in [6, 6.07) is 17.1. The number of Topliss-reactive ketones (excluding diaryl/α,β-unsaturated/α-hetero) is 1. The fourth-order valence-corrected chi connectivity index (χ4v) is 6.24. The Hall–Kier alpha value is -4.48. The molecule has 0 radical (unpaired) electrons. The summed E-state index contributed by atoms with van der Waals surface area (Å²) in [5.74, 6) is -1.63. The number of benzene rings is 2. The minimum absolute atomic E-state index is 0.0895. The Morgan fingerprint density at radius 3 is 2.48 bits per heavy atom. The van der Waals surface area contributed by atoms with Crippen molar-refractivity contribution in [3.05, 3.63) is 104 Å². The third-order valence-electron chi connectivity index (χ3n) is 6.47. The summed E-state index contributed by atoms with van der Waals surface area (Å²) in [5, 5.41) is 13.0. The first-order valence-electron chi connectivity index (χ1n) is 13.3. The molecule has 0 bridgehead atoms. The molecule has 4 aromatic rings. The van der Waals surface area contributed by atoms with Crippen molar-refractivity contribution >= 4 is 45.5 Å². The third kappa shape index (κ3) is 5.65. The highest BCUT2D eigenvalue weighted by atomic mass is 32.1. The van der Waals surface area contributed by atoms with Crippen LogP contribution in [0, 0.1) is 6.92 Å². The van der Waals surface area contributed by atoms with E-state index in [0.29, 0.717) is 40.8 Å². The van der Waals surface area contributed by atoms with Gasteiger partial charge < -0.3 is 19.3 Å². The second kappa shape index (κ2) is 12.6. The molecule has 9 nitrogen and oxygen atoms in total. The molecule has 0 saturated heterocycles. The summed E-state index contributed by atoms with van der Waals surface area (Å²) in [7, 11) is 0.